The number of rotatable bonds is 6. The molecule has 0 aliphatic carbocycles. The molecule has 25 heavy (non-hydrogen) atoms. The Hall–Kier alpha value is -3.11. The summed E-state index contributed by atoms with van der Waals surface area (Å²) in [6.07, 6.45) is -1.76. The Morgan fingerprint density at radius 2 is 2.20 bits per heavy atom. The number of nitrogens with zero attached hydrogens (tertiary/aromatic N) is 4. The highest BCUT2D eigenvalue weighted by molar-refractivity contribution is 5.78. The fraction of sp³-hybridized carbons (Fsp3) is 0.538. The van der Waals surface area contributed by atoms with Crippen LogP contribution < -0.4 is 11.2 Å². The number of carboxylic acid groups (broad SMARTS) is 2. The molecule has 1 fully saturated rings. The Kier molecular flexibility index (Phi) is 5.25. The van der Waals surface area contributed by atoms with E-state index in [1.165, 1.54) is 13.1 Å². The van der Waals surface area contributed by atoms with Crippen molar-refractivity contribution in [2.45, 2.75) is 38.1 Å². The number of hydrogen-bond acceptors (Lipinski definition) is 6. The smallest absolute Gasteiger partial charge is 0.330 e. The molecule has 2 rings (SSSR count). The van der Waals surface area contributed by atoms with E-state index in [-0.39, 0.29) is 12.0 Å². The van der Waals surface area contributed by atoms with E-state index < -0.39 is 53.9 Å². The minimum absolute atomic E-state index is 0.0382. The third kappa shape index (κ3) is 3.87. The Balaban J connectivity index is 2.40. The number of hydrogen-bond donors (Lipinski definition) is 3. The standard InChI is InChI=1S/C13H15N5O7/c1-5-4-18(13(24)15-11(5)21)8-3-7(16-17-14)10(25-8)6(12(22)23)2-9(19)20/h4,6-8,10H,2-3H2,1H3,(H,19,20)(H,22,23)(H,15,21,24). The predicted molar refractivity (Wildman–Crippen MR) is 80.9 cm³/mol. The van der Waals surface area contributed by atoms with Crippen LogP contribution in [0.2, 0.25) is 0 Å². The summed E-state index contributed by atoms with van der Waals surface area (Å²) in [5.74, 6) is -4.23. The first-order valence-corrected chi connectivity index (χ1v) is 7.21. The summed E-state index contributed by atoms with van der Waals surface area (Å²) in [5, 5.41) is 21.6. The van der Waals surface area contributed by atoms with Crippen LogP contribution in [-0.4, -0.2) is 43.8 Å². The van der Waals surface area contributed by atoms with Gasteiger partial charge in [0, 0.05) is 23.1 Å². The van der Waals surface area contributed by atoms with Gasteiger partial charge in [0.1, 0.15) is 6.23 Å². The van der Waals surface area contributed by atoms with Crippen molar-refractivity contribution < 1.29 is 24.5 Å². The van der Waals surface area contributed by atoms with Crippen LogP contribution in [0.3, 0.4) is 0 Å². The van der Waals surface area contributed by atoms with Gasteiger partial charge < -0.3 is 14.9 Å². The van der Waals surface area contributed by atoms with Gasteiger partial charge in [-0.15, -0.1) is 0 Å². The maximum Gasteiger partial charge on any atom is 0.330 e. The largest absolute Gasteiger partial charge is 0.481 e. The Morgan fingerprint density at radius 1 is 1.52 bits per heavy atom. The molecule has 0 spiro atoms. The van der Waals surface area contributed by atoms with E-state index in [1.807, 2.05) is 0 Å². The first-order chi connectivity index (χ1) is 11.7. The van der Waals surface area contributed by atoms with Gasteiger partial charge in [0.2, 0.25) is 0 Å². The number of ether oxygens (including phenoxy) is 1. The van der Waals surface area contributed by atoms with Crippen molar-refractivity contribution in [3.8, 4) is 0 Å². The van der Waals surface area contributed by atoms with Crippen molar-refractivity contribution in [2.24, 2.45) is 11.0 Å². The SMILES string of the molecule is Cc1cn(C2CC(N=[N+]=[N-])C(C(CC(=O)O)C(=O)O)O2)c(=O)[nH]c1=O. The molecule has 0 amide bonds. The van der Waals surface area contributed by atoms with Crippen molar-refractivity contribution in [3.63, 3.8) is 0 Å². The van der Waals surface area contributed by atoms with Crippen LogP contribution in [0, 0.1) is 12.8 Å². The zero-order chi connectivity index (χ0) is 18.7. The molecule has 0 aromatic carbocycles. The monoisotopic (exact) mass is 353 g/mol. The molecule has 0 bridgehead atoms. The van der Waals surface area contributed by atoms with Gasteiger partial charge in [-0.25, -0.2) is 4.79 Å². The lowest BCUT2D eigenvalue weighted by atomic mass is 9.93. The summed E-state index contributed by atoms with van der Waals surface area (Å²) >= 11 is 0. The molecule has 0 radical (unpaired) electrons. The molecule has 1 aromatic heterocycles. The van der Waals surface area contributed by atoms with Gasteiger partial charge >= 0.3 is 17.6 Å². The highest BCUT2D eigenvalue weighted by Gasteiger charge is 2.44. The second-order valence-corrected chi connectivity index (χ2v) is 5.58. The molecular weight excluding hydrogens is 338 g/mol. The van der Waals surface area contributed by atoms with E-state index in [1.54, 1.807) is 0 Å². The van der Waals surface area contributed by atoms with E-state index in [4.69, 9.17) is 15.4 Å². The first-order valence-electron chi connectivity index (χ1n) is 7.21. The number of azide groups is 1. The van der Waals surface area contributed by atoms with E-state index in [2.05, 4.69) is 15.0 Å². The molecule has 1 aliphatic heterocycles. The number of aryl methyl sites for hydroxylation is 1. The fourth-order valence-electron chi connectivity index (χ4n) is 2.72. The molecule has 134 valence electrons. The van der Waals surface area contributed by atoms with Gasteiger partial charge in [-0.2, -0.15) is 0 Å². The van der Waals surface area contributed by atoms with Crippen LogP contribution in [0.5, 0.6) is 0 Å². The molecular formula is C13H15N5O7. The predicted octanol–water partition coefficient (Wildman–Crippen LogP) is -0.0131. The zero-order valence-electron chi connectivity index (χ0n) is 13.0. The molecule has 12 nitrogen and oxygen atoms in total. The number of carbonyl (C=O) groups is 2. The third-order valence-electron chi connectivity index (χ3n) is 3.90. The topological polar surface area (TPSA) is 187 Å². The van der Waals surface area contributed by atoms with Crippen LogP contribution in [0.1, 0.15) is 24.6 Å². The van der Waals surface area contributed by atoms with Gasteiger partial charge in [-0.05, 0) is 12.5 Å². The lowest BCUT2D eigenvalue weighted by molar-refractivity contribution is -0.155. The summed E-state index contributed by atoms with van der Waals surface area (Å²) in [6, 6.07) is -0.977. The average Bonchev–Trinajstić information content (AvgIpc) is 2.92. The highest BCUT2D eigenvalue weighted by Crippen LogP contribution is 2.35. The molecule has 0 saturated carbocycles. The molecule has 4 atom stereocenters. The van der Waals surface area contributed by atoms with Crippen molar-refractivity contribution in [1.29, 1.82) is 0 Å². The number of nitrogens with one attached hydrogen (secondary N) is 1. The maximum absolute atomic E-state index is 11.9. The number of H-pyrrole nitrogens is 1. The summed E-state index contributed by atoms with van der Waals surface area (Å²) in [6.45, 7) is 1.47. The van der Waals surface area contributed by atoms with Crippen molar-refractivity contribution >= 4 is 11.9 Å². The highest BCUT2D eigenvalue weighted by atomic mass is 16.5. The van der Waals surface area contributed by atoms with Crippen LogP contribution in [0.25, 0.3) is 10.4 Å². The second kappa shape index (κ2) is 7.20. The minimum Gasteiger partial charge on any atom is -0.481 e. The van der Waals surface area contributed by atoms with Crippen molar-refractivity contribution in [3.05, 3.63) is 43.0 Å². The Bertz CT molecular complexity index is 853. The van der Waals surface area contributed by atoms with Gasteiger partial charge in [0.15, 0.2) is 0 Å². The van der Waals surface area contributed by atoms with Gasteiger partial charge in [0.25, 0.3) is 5.56 Å². The molecule has 1 saturated heterocycles. The molecule has 3 N–H and O–H groups in total. The zero-order valence-corrected chi connectivity index (χ0v) is 13.0. The molecule has 2 heterocycles. The summed E-state index contributed by atoms with van der Waals surface area (Å²) in [4.78, 5) is 50.4. The molecule has 1 aliphatic rings. The molecule has 1 aromatic rings. The number of aliphatic carboxylic acids is 2. The van der Waals surface area contributed by atoms with E-state index in [9.17, 15) is 24.3 Å². The Labute approximate surface area is 139 Å². The van der Waals surface area contributed by atoms with E-state index >= 15 is 0 Å². The fourth-order valence-corrected chi connectivity index (χ4v) is 2.72. The lowest BCUT2D eigenvalue weighted by Gasteiger charge is -2.21. The second-order valence-electron chi connectivity index (χ2n) is 5.58. The Morgan fingerprint density at radius 3 is 2.76 bits per heavy atom. The number of aromatic amines is 1. The number of carboxylic acids is 2. The minimum atomic E-state index is -1.46. The maximum atomic E-state index is 11.9. The molecule has 12 heteroatoms. The third-order valence-corrected chi connectivity index (χ3v) is 3.90. The lowest BCUT2D eigenvalue weighted by Crippen LogP contribution is -2.37. The molecule has 4 unspecified atom stereocenters. The van der Waals surface area contributed by atoms with Crippen molar-refractivity contribution in [1.82, 2.24) is 9.55 Å². The van der Waals surface area contributed by atoms with Gasteiger partial charge in [-0.3, -0.25) is 23.9 Å². The quantitative estimate of drug-likeness (QED) is 0.364. The van der Waals surface area contributed by atoms with Gasteiger partial charge in [0.05, 0.1) is 24.5 Å². The van der Waals surface area contributed by atoms with Crippen LogP contribution in [0.15, 0.2) is 20.9 Å². The summed E-state index contributed by atoms with van der Waals surface area (Å²) in [5.41, 5.74) is 7.55. The summed E-state index contributed by atoms with van der Waals surface area (Å²) in [7, 11) is 0. The van der Waals surface area contributed by atoms with Crippen LogP contribution in [0.4, 0.5) is 0 Å². The number of aromatic nitrogens is 2. The normalized spacial score (nSPS) is 23.6. The van der Waals surface area contributed by atoms with E-state index in [0.29, 0.717) is 0 Å². The summed E-state index contributed by atoms with van der Waals surface area (Å²) < 4.78 is 6.60. The van der Waals surface area contributed by atoms with E-state index in [0.717, 1.165) is 4.57 Å². The van der Waals surface area contributed by atoms with Crippen LogP contribution >= 0.6 is 0 Å². The first kappa shape index (κ1) is 18.2. The van der Waals surface area contributed by atoms with Crippen molar-refractivity contribution in [2.75, 3.05) is 0 Å². The average molecular weight is 353 g/mol. The van der Waals surface area contributed by atoms with Crippen LogP contribution in [-0.2, 0) is 14.3 Å². The van der Waals surface area contributed by atoms with Gasteiger partial charge in [-0.1, -0.05) is 5.11 Å².